The van der Waals surface area contributed by atoms with Crippen LogP contribution in [-0.4, -0.2) is 28.3 Å². The Morgan fingerprint density at radius 2 is 2.05 bits per heavy atom. The van der Waals surface area contributed by atoms with E-state index in [1.807, 2.05) is 0 Å². The lowest BCUT2D eigenvalue weighted by Gasteiger charge is -2.28. The van der Waals surface area contributed by atoms with E-state index in [0.717, 1.165) is 0 Å². The van der Waals surface area contributed by atoms with Gasteiger partial charge in [-0.2, -0.15) is 0 Å². The third kappa shape index (κ3) is 1.93. The molecule has 0 radical (unpaired) electrons. The van der Waals surface area contributed by atoms with Crippen molar-refractivity contribution in [3.63, 3.8) is 0 Å². The van der Waals surface area contributed by atoms with Gasteiger partial charge in [0.05, 0.1) is 17.4 Å². The fourth-order valence-electron chi connectivity index (χ4n) is 2.34. The Morgan fingerprint density at radius 1 is 1.25 bits per heavy atom. The van der Waals surface area contributed by atoms with Crippen LogP contribution in [0.5, 0.6) is 5.75 Å². The number of aromatic nitrogens is 1. The molecule has 1 aliphatic rings. The van der Waals surface area contributed by atoms with E-state index in [9.17, 15) is 14.7 Å². The average molecular weight is 268 g/mol. The molecule has 1 aromatic carbocycles. The van der Waals surface area contributed by atoms with E-state index in [-0.39, 0.29) is 29.4 Å². The molecule has 5 heteroatoms. The molecular formula is C15H12N2O3. The lowest BCUT2D eigenvalue weighted by Crippen LogP contribution is -2.37. The molecule has 0 aliphatic carbocycles. The van der Waals surface area contributed by atoms with Gasteiger partial charge in [0.1, 0.15) is 5.75 Å². The standard InChI is InChI=1S/C15H12N2O3/c18-13-6-8-17(12-4-2-1-3-10(12)13)15(20)11-5-7-16-9-14(11)19/h1-5,7,9,19H,6,8H2. The molecule has 5 nitrogen and oxygen atoms in total. The van der Waals surface area contributed by atoms with E-state index in [1.54, 1.807) is 24.3 Å². The summed E-state index contributed by atoms with van der Waals surface area (Å²) in [5, 5.41) is 9.73. The van der Waals surface area contributed by atoms with Gasteiger partial charge in [0, 0.05) is 24.7 Å². The first-order valence-corrected chi connectivity index (χ1v) is 6.25. The average Bonchev–Trinajstić information content (AvgIpc) is 2.48. The normalized spacial score (nSPS) is 14.0. The Balaban J connectivity index is 2.04. The van der Waals surface area contributed by atoms with E-state index >= 15 is 0 Å². The number of carbonyl (C=O) groups is 2. The van der Waals surface area contributed by atoms with E-state index < -0.39 is 0 Å². The number of aromatic hydroxyl groups is 1. The Hall–Kier alpha value is -2.69. The van der Waals surface area contributed by atoms with Gasteiger partial charge in [0.25, 0.3) is 5.91 Å². The number of fused-ring (bicyclic) bond motifs is 1. The van der Waals surface area contributed by atoms with Crippen molar-refractivity contribution in [3.05, 3.63) is 53.9 Å². The highest BCUT2D eigenvalue weighted by atomic mass is 16.3. The highest BCUT2D eigenvalue weighted by molar-refractivity contribution is 6.14. The van der Waals surface area contributed by atoms with Crippen molar-refractivity contribution in [2.24, 2.45) is 0 Å². The van der Waals surface area contributed by atoms with Crippen LogP contribution in [0.4, 0.5) is 5.69 Å². The summed E-state index contributed by atoms with van der Waals surface area (Å²) in [6.07, 6.45) is 2.97. The zero-order valence-corrected chi connectivity index (χ0v) is 10.6. The van der Waals surface area contributed by atoms with Gasteiger partial charge in [-0.3, -0.25) is 14.6 Å². The first-order valence-electron chi connectivity index (χ1n) is 6.25. The summed E-state index contributed by atoms with van der Waals surface area (Å²) in [5.74, 6) is -0.458. The quantitative estimate of drug-likeness (QED) is 0.859. The number of nitrogens with zero attached hydrogens (tertiary/aromatic N) is 2. The monoisotopic (exact) mass is 268 g/mol. The minimum absolute atomic E-state index is 0.0311. The van der Waals surface area contributed by atoms with Gasteiger partial charge in [-0.05, 0) is 18.2 Å². The van der Waals surface area contributed by atoms with Gasteiger partial charge in [-0.25, -0.2) is 0 Å². The molecule has 1 aliphatic heterocycles. The first-order chi connectivity index (χ1) is 9.68. The molecule has 0 fully saturated rings. The van der Waals surface area contributed by atoms with Crippen molar-refractivity contribution in [3.8, 4) is 5.75 Å². The van der Waals surface area contributed by atoms with Gasteiger partial charge in [-0.1, -0.05) is 12.1 Å². The van der Waals surface area contributed by atoms with Gasteiger partial charge in [0.15, 0.2) is 5.78 Å². The molecule has 1 amide bonds. The topological polar surface area (TPSA) is 70.5 Å². The van der Waals surface area contributed by atoms with E-state index in [4.69, 9.17) is 0 Å². The molecule has 2 heterocycles. The van der Waals surface area contributed by atoms with Crippen molar-refractivity contribution in [1.29, 1.82) is 0 Å². The molecule has 0 saturated carbocycles. The van der Waals surface area contributed by atoms with Crippen LogP contribution in [0, 0.1) is 0 Å². The number of carbonyl (C=O) groups excluding carboxylic acids is 2. The summed E-state index contributed by atoms with van der Waals surface area (Å²) < 4.78 is 0. The number of pyridine rings is 1. The molecule has 0 atom stereocenters. The molecule has 0 spiro atoms. The highest BCUT2D eigenvalue weighted by Gasteiger charge is 2.28. The molecule has 0 unspecified atom stereocenters. The number of hydrogen-bond acceptors (Lipinski definition) is 4. The van der Waals surface area contributed by atoms with E-state index in [0.29, 0.717) is 17.8 Å². The zero-order valence-electron chi connectivity index (χ0n) is 10.6. The highest BCUT2D eigenvalue weighted by Crippen LogP contribution is 2.29. The summed E-state index contributed by atoms with van der Waals surface area (Å²) >= 11 is 0. The van der Waals surface area contributed by atoms with E-state index in [1.165, 1.54) is 23.4 Å². The molecule has 100 valence electrons. The largest absolute Gasteiger partial charge is 0.505 e. The van der Waals surface area contributed by atoms with Gasteiger partial charge in [-0.15, -0.1) is 0 Å². The number of amides is 1. The van der Waals surface area contributed by atoms with Gasteiger partial charge < -0.3 is 10.0 Å². The molecule has 0 saturated heterocycles. The molecule has 2 aromatic rings. The van der Waals surface area contributed by atoms with E-state index in [2.05, 4.69) is 4.98 Å². The smallest absolute Gasteiger partial charge is 0.262 e. The lowest BCUT2D eigenvalue weighted by atomic mass is 9.99. The van der Waals surface area contributed by atoms with Crippen LogP contribution in [0.1, 0.15) is 27.1 Å². The van der Waals surface area contributed by atoms with Crippen LogP contribution in [0.15, 0.2) is 42.7 Å². The summed E-state index contributed by atoms with van der Waals surface area (Å²) in [7, 11) is 0. The minimum atomic E-state index is -0.329. The predicted octanol–water partition coefficient (Wildman–Crippen LogP) is 2.02. The third-order valence-electron chi connectivity index (χ3n) is 3.33. The number of benzene rings is 1. The second-order valence-corrected chi connectivity index (χ2v) is 4.54. The summed E-state index contributed by atoms with van der Waals surface area (Å²) in [6, 6.07) is 8.47. The second-order valence-electron chi connectivity index (χ2n) is 4.54. The van der Waals surface area contributed by atoms with Crippen molar-refractivity contribution in [2.45, 2.75) is 6.42 Å². The molecule has 20 heavy (non-hydrogen) atoms. The predicted molar refractivity (Wildman–Crippen MR) is 73.0 cm³/mol. The summed E-state index contributed by atoms with van der Waals surface area (Å²) in [5.41, 5.74) is 1.31. The second kappa shape index (κ2) is 4.77. The molecule has 3 rings (SSSR count). The maximum atomic E-state index is 12.5. The number of hydrogen-bond donors (Lipinski definition) is 1. The Labute approximate surface area is 115 Å². The Morgan fingerprint density at radius 3 is 2.85 bits per heavy atom. The van der Waals surface area contributed by atoms with Crippen molar-refractivity contribution in [2.75, 3.05) is 11.4 Å². The Bertz CT molecular complexity index is 697. The molecule has 1 N–H and O–H groups in total. The van der Waals surface area contributed by atoms with Crippen LogP contribution in [-0.2, 0) is 0 Å². The van der Waals surface area contributed by atoms with Gasteiger partial charge in [0.2, 0.25) is 0 Å². The molecule has 1 aromatic heterocycles. The van der Waals surface area contributed by atoms with Crippen LogP contribution < -0.4 is 4.90 Å². The zero-order chi connectivity index (χ0) is 14.1. The van der Waals surface area contributed by atoms with Crippen LogP contribution in [0.25, 0.3) is 0 Å². The van der Waals surface area contributed by atoms with Crippen LogP contribution in [0.2, 0.25) is 0 Å². The fourth-order valence-corrected chi connectivity index (χ4v) is 2.34. The maximum absolute atomic E-state index is 12.5. The summed E-state index contributed by atoms with van der Waals surface area (Å²) in [4.78, 5) is 29.7. The van der Waals surface area contributed by atoms with Crippen molar-refractivity contribution >= 4 is 17.4 Å². The number of Topliss-reactive ketones (excluding diaryl/α,β-unsaturated/α-hetero) is 1. The van der Waals surface area contributed by atoms with Gasteiger partial charge >= 0.3 is 0 Å². The van der Waals surface area contributed by atoms with Crippen molar-refractivity contribution in [1.82, 2.24) is 4.98 Å². The first kappa shape index (κ1) is 12.3. The number of anilines is 1. The fraction of sp³-hybridized carbons (Fsp3) is 0.133. The number of para-hydroxylation sites is 1. The number of rotatable bonds is 1. The molecular weight excluding hydrogens is 256 g/mol. The van der Waals surface area contributed by atoms with Crippen molar-refractivity contribution < 1.29 is 14.7 Å². The lowest BCUT2D eigenvalue weighted by molar-refractivity contribution is 0.0954. The van der Waals surface area contributed by atoms with Crippen LogP contribution in [0.3, 0.4) is 0 Å². The Kier molecular flexibility index (Phi) is 2.95. The minimum Gasteiger partial charge on any atom is -0.505 e. The van der Waals surface area contributed by atoms with Crippen LogP contribution >= 0.6 is 0 Å². The third-order valence-corrected chi connectivity index (χ3v) is 3.33. The SMILES string of the molecule is O=C1CCN(C(=O)c2ccncc2O)c2ccccc21. The number of ketones is 1. The maximum Gasteiger partial charge on any atom is 0.262 e. The summed E-state index contributed by atoms with van der Waals surface area (Å²) in [6.45, 7) is 0.316. The molecule has 0 bridgehead atoms.